The van der Waals surface area contributed by atoms with Crippen molar-refractivity contribution in [1.82, 2.24) is 0 Å². The summed E-state index contributed by atoms with van der Waals surface area (Å²) in [6.45, 7) is 7.91. The quantitative estimate of drug-likeness (QED) is 0.497. The van der Waals surface area contributed by atoms with Crippen molar-refractivity contribution in [2.45, 2.75) is 13.8 Å². The molecule has 0 saturated carbocycles. The first kappa shape index (κ1) is 8.44. The molecule has 0 aliphatic rings. The lowest BCUT2D eigenvalue weighted by Crippen LogP contribution is -2.29. The summed E-state index contributed by atoms with van der Waals surface area (Å²) in [5, 5.41) is 0. The van der Waals surface area contributed by atoms with Crippen LogP contribution in [0.3, 0.4) is 0 Å². The summed E-state index contributed by atoms with van der Waals surface area (Å²) in [6.07, 6.45) is 4.14. The summed E-state index contributed by atoms with van der Waals surface area (Å²) < 4.78 is 0.774. The van der Waals surface area contributed by atoms with E-state index in [-0.39, 0.29) is 0 Å². The average molecular weight is 126 g/mol. The van der Waals surface area contributed by atoms with Crippen LogP contribution in [0.1, 0.15) is 13.8 Å². The minimum atomic E-state index is 0.774. The first-order valence-electron chi connectivity index (χ1n) is 3.14. The van der Waals surface area contributed by atoms with Crippen molar-refractivity contribution in [2.24, 2.45) is 0 Å². The van der Waals surface area contributed by atoms with Crippen LogP contribution < -0.4 is 0 Å². The lowest BCUT2D eigenvalue weighted by Gasteiger charge is -2.23. The second kappa shape index (κ2) is 2.83. The lowest BCUT2D eigenvalue weighted by atomic mass is 10.4. The van der Waals surface area contributed by atoms with Crippen LogP contribution >= 0.6 is 0 Å². The highest BCUT2D eigenvalue weighted by atomic mass is 15.3. The summed E-state index contributed by atoms with van der Waals surface area (Å²) >= 11 is 0. The van der Waals surface area contributed by atoms with Crippen molar-refractivity contribution in [3.05, 3.63) is 24.6 Å². The maximum atomic E-state index is 3.87. The molecule has 0 aromatic rings. The predicted octanol–water partition coefficient (Wildman–Crippen LogP) is 2.13. The van der Waals surface area contributed by atoms with E-state index in [1.807, 2.05) is 19.9 Å². The maximum absolute atomic E-state index is 3.87. The third-order valence-electron chi connectivity index (χ3n) is 1.51. The maximum Gasteiger partial charge on any atom is 0.102 e. The molecule has 0 N–H and O–H groups in total. The van der Waals surface area contributed by atoms with Crippen molar-refractivity contribution >= 4 is 0 Å². The second-order valence-electron chi connectivity index (χ2n) is 2.76. The molecule has 0 aromatic heterocycles. The van der Waals surface area contributed by atoms with Crippen LogP contribution in [0.15, 0.2) is 24.6 Å². The van der Waals surface area contributed by atoms with Gasteiger partial charge in [-0.1, -0.05) is 0 Å². The van der Waals surface area contributed by atoms with Crippen LogP contribution in [0.2, 0.25) is 0 Å². The van der Waals surface area contributed by atoms with Crippen LogP contribution in [0.5, 0.6) is 0 Å². The van der Waals surface area contributed by atoms with E-state index in [1.54, 1.807) is 0 Å². The highest BCUT2D eigenvalue weighted by Gasteiger charge is 2.10. The largest absolute Gasteiger partial charge is 0.274 e. The summed E-state index contributed by atoms with van der Waals surface area (Å²) in [5.74, 6) is 0. The molecule has 0 atom stereocenters. The average Bonchev–Trinajstić information content (AvgIpc) is 1.65. The summed E-state index contributed by atoms with van der Waals surface area (Å²) in [4.78, 5) is 0. The molecule has 9 heavy (non-hydrogen) atoms. The molecule has 0 amide bonds. The Bertz CT molecular complexity index is 132. The Kier molecular flexibility index (Phi) is 2.65. The zero-order valence-electron chi connectivity index (χ0n) is 6.81. The van der Waals surface area contributed by atoms with Gasteiger partial charge in [-0.15, -0.1) is 0 Å². The molecule has 0 rings (SSSR count). The molecule has 0 aliphatic heterocycles. The third-order valence-corrected chi connectivity index (χ3v) is 1.51. The van der Waals surface area contributed by atoms with Crippen LogP contribution in [-0.4, -0.2) is 18.6 Å². The van der Waals surface area contributed by atoms with Crippen LogP contribution in [0, 0.1) is 0 Å². The molecule has 0 unspecified atom stereocenters. The van der Waals surface area contributed by atoms with Gasteiger partial charge in [-0.2, -0.15) is 0 Å². The first-order chi connectivity index (χ1) is 4.00. The zero-order valence-corrected chi connectivity index (χ0v) is 6.81. The van der Waals surface area contributed by atoms with Gasteiger partial charge >= 0.3 is 0 Å². The van der Waals surface area contributed by atoms with Gasteiger partial charge in [-0.25, -0.2) is 0 Å². The number of nitrogens with zero attached hydrogens (tertiary/aromatic N) is 1. The van der Waals surface area contributed by atoms with Crippen molar-refractivity contribution in [3.8, 4) is 0 Å². The van der Waals surface area contributed by atoms with Gasteiger partial charge in [0, 0.05) is 6.92 Å². The van der Waals surface area contributed by atoms with Gasteiger partial charge in [-0.05, 0) is 19.6 Å². The molecule has 0 saturated heterocycles. The first-order valence-corrected chi connectivity index (χ1v) is 3.14. The highest BCUT2D eigenvalue weighted by Crippen LogP contribution is 2.07. The summed E-state index contributed by atoms with van der Waals surface area (Å²) in [7, 11) is 4.20. The molecule has 1 nitrogen and oxygen atoms in total. The van der Waals surface area contributed by atoms with E-state index in [2.05, 4.69) is 26.9 Å². The Labute approximate surface area is 57.9 Å². The summed E-state index contributed by atoms with van der Waals surface area (Å²) in [5.41, 5.74) is 1.15. The van der Waals surface area contributed by atoms with E-state index in [1.165, 1.54) is 0 Å². The van der Waals surface area contributed by atoms with Crippen molar-refractivity contribution in [3.63, 3.8) is 0 Å². The van der Waals surface area contributed by atoms with Crippen molar-refractivity contribution < 1.29 is 4.48 Å². The Hall–Kier alpha value is -0.560. The van der Waals surface area contributed by atoms with Gasteiger partial charge in [0.05, 0.1) is 20.3 Å². The van der Waals surface area contributed by atoms with E-state index in [9.17, 15) is 0 Å². The fraction of sp³-hybridized carbons (Fsp3) is 0.500. The molecule has 1 heteroatoms. The fourth-order valence-electron chi connectivity index (χ4n) is 0.500. The standard InChI is InChI=1S/C8H16N/c1-6-7-9(4,5)8(2)3/h6-7H,2H2,1,3-5H3/q+1. The Morgan fingerprint density at radius 2 is 1.89 bits per heavy atom. The van der Waals surface area contributed by atoms with Gasteiger partial charge in [-0.3, -0.25) is 4.48 Å². The Morgan fingerprint density at radius 1 is 1.44 bits per heavy atom. The highest BCUT2D eigenvalue weighted by molar-refractivity contribution is 4.81. The Balaban J connectivity index is 4.19. The minimum absolute atomic E-state index is 0.774. The number of quaternary nitrogens is 1. The number of hydrogen-bond acceptors (Lipinski definition) is 0. The smallest absolute Gasteiger partial charge is 0.102 e. The second-order valence-corrected chi connectivity index (χ2v) is 2.76. The van der Waals surface area contributed by atoms with Gasteiger partial charge in [0.1, 0.15) is 5.70 Å². The van der Waals surface area contributed by atoms with Gasteiger partial charge in [0.15, 0.2) is 0 Å². The van der Waals surface area contributed by atoms with Gasteiger partial charge in [0.25, 0.3) is 0 Å². The molecule has 0 aliphatic carbocycles. The van der Waals surface area contributed by atoms with Gasteiger partial charge < -0.3 is 0 Å². The molecule has 0 aromatic carbocycles. The molecular formula is C8H16N+. The monoisotopic (exact) mass is 126 g/mol. The summed E-state index contributed by atoms with van der Waals surface area (Å²) in [6, 6.07) is 0. The molecular weight excluding hydrogens is 110 g/mol. The third kappa shape index (κ3) is 2.47. The number of hydrogen-bond donors (Lipinski definition) is 0. The molecule has 0 heterocycles. The lowest BCUT2D eigenvalue weighted by molar-refractivity contribution is -0.798. The SMILES string of the molecule is C=C(C)[N+](C)(C)C=CC. The topological polar surface area (TPSA) is 0 Å². The molecule has 0 radical (unpaired) electrons. The molecule has 0 spiro atoms. The van der Waals surface area contributed by atoms with E-state index in [0.29, 0.717) is 0 Å². The Morgan fingerprint density at radius 3 is 2.00 bits per heavy atom. The fourth-order valence-corrected chi connectivity index (χ4v) is 0.500. The van der Waals surface area contributed by atoms with E-state index >= 15 is 0 Å². The number of rotatable bonds is 2. The van der Waals surface area contributed by atoms with E-state index in [0.717, 1.165) is 10.2 Å². The van der Waals surface area contributed by atoms with Crippen molar-refractivity contribution in [1.29, 1.82) is 0 Å². The minimum Gasteiger partial charge on any atom is -0.274 e. The molecule has 0 bridgehead atoms. The molecule has 52 valence electrons. The van der Waals surface area contributed by atoms with Gasteiger partial charge in [0.2, 0.25) is 0 Å². The van der Waals surface area contributed by atoms with Crippen molar-refractivity contribution in [2.75, 3.05) is 14.1 Å². The normalized spacial score (nSPS) is 12.4. The van der Waals surface area contributed by atoms with Crippen LogP contribution in [0.4, 0.5) is 0 Å². The van der Waals surface area contributed by atoms with E-state index < -0.39 is 0 Å². The zero-order chi connectivity index (χ0) is 7.49. The van der Waals surface area contributed by atoms with Crippen LogP contribution in [0.25, 0.3) is 0 Å². The number of allylic oxidation sites excluding steroid dienone is 2. The van der Waals surface area contributed by atoms with E-state index in [4.69, 9.17) is 0 Å². The molecule has 0 fully saturated rings. The van der Waals surface area contributed by atoms with Crippen LogP contribution in [-0.2, 0) is 0 Å². The predicted molar refractivity (Wildman–Crippen MR) is 41.7 cm³/mol.